The Hall–Kier alpha value is -0.680. The largest absolute Gasteiger partial charge is 0.464 e. The van der Waals surface area contributed by atoms with Crippen LogP contribution in [0.1, 0.15) is 20.3 Å². The van der Waals surface area contributed by atoms with Crippen LogP contribution < -0.4 is 5.32 Å². The maximum atomic E-state index is 11.3. The summed E-state index contributed by atoms with van der Waals surface area (Å²) in [5.41, 5.74) is 0. The molecule has 0 saturated heterocycles. The van der Waals surface area contributed by atoms with Gasteiger partial charge in [0.05, 0.1) is 18.2 Å². The van der Waals surface area contributed by atoms with Gasteiger partial charge in [0.1, 0.15) is 6.04 Å². The fourth-order valence-electron chi connectivity index (χ4n) is 1.39. The second-order valence-corrected chi connectivity index (χ2v) is 4.26. The Bertz CT molecular complexity index is 257. The number of carbonyl (C=O) groups is 1. The minimum atomic E-state index is -0.717. The maximum absolute atomic E-state index is 11.3. The molecule has 0 aromatic rings. The molecular formula is C10H17NO3S. The van der Waals surface area contributed by atoms with Gasteiger partial charge in [-0.2, -0.15) is 0 Å². The zero-order valence-electron chi connectivity index (χ0n) is 9.03. The van der Waals surface area contributed by atoms with E-state index < -0.39 is 12.0 Å². The van der Waals surface area contributed by atoms with E-state index in [4.69, 9.17) is 22.1 Å². The van der Waals surface area contributed by atoms with Crippen LogP contribution in [0.15, 0.2) is 0 Å². The highest BCUT2D eigenvalue weighted by molar-refractivity contribution is 7.80. The molecule has 0 spiro atoms. The van der Waals surface area contributed by atoms with Gasteiger partial charge in [-0.05, 0) is 19.3 Å². The molecule has 5 heteroatoms. The molecule has 86 valence electrons. The summed E-state index contributed by atoms with van der Waals surface area (Å²) >= 11 is 5.13. The Morgan fingerprint density at radius 3 is 2.73 bits per heavy atom. The first-order chi connectivity index (χ1) is 7.10. The first-order valence-corrected chi connectivity index (χ1v) is 5.58. The Morgan fingerprint density at radius 2 is 2.33 bits per heavy atom. The lowest BCUT2D eigenvalue weighted by Gasteiger charge is -2.16. The normalized spacial score (nSPS) is 25.5. The zero-order valence-corrected chi connectivity index (χ0v) is 9.84. The van der Waals surface area contributed by atoms with E-state index in [-0.39, 0.29) is 6.61 Å². The molecule has 1 fully saturated rings. The molecule has 1 aliphatic rings. The molecular weight excluding hydrogens is 214 g/mol. The highest BCUT2D eigenvalue weighted by Crippen LogP contribution is 2.38. The molecule has 0 aliphatic heterocycles. The van der Waals surface area contributed by atoms with E-state index >= 15 is 0 Å². The van der Waals surface area contributed by atoms with Crippen LogP contribution in [0.25, 0.3) is 0 Å². The highest BCUT2D eigenvalue weighted by atomic mass is 32.1. The number of ether oxygens (including phenoxy) is 1. The van der Waals surface area contributed by atoms with Crippen molar-refractivity contribution in [2.45, 2.75) is 26.3 Å². The minimum absolute atomic E-state index is 0.292. The van der Waals surface area contributed by atoms with Crippen LogP contribution in [0, 0.1) is 11.8 Å². The predicted molar refractivity (Wildman–Crippen MR) is 60.5 cm³/mol. The first kappa shape index (κ1) is 12.4. The summed E-state index contributed by atoms with van der Waals surface area (Å²) in [5.74, 6) is 0.505. The van der Waals surface area contributed by atoms with Gasteiger partial charge in [0.2, 0.25) is 0 Å². The quantitative estimate of drug-likeness (QED) is 0.532. The number of hydrogen-bond acceptors (Lipinski definition) is 4. The number of carbonyl (C=O) groups excluding carboxylic acids is 1. The van der Waals surface area contributed by atoms with Gasteiger partial charge in [-0.15, -0.1) is 0 Å². The van der Waals surface area contributed by atoms with Crippen molar-refractivity contribution in [3.8, 4) is 0 Å². The standard InChI is InChI=1S/C10H17NO3S/c1-3-14-10(13)8(5-12)11-9(15)7-4-6(7)2/h6-8,12H,3-5H2,1-2H3,(H,11,15)/t6-,7+,8-/m0/s1. The molecule has 0 unspecified atom stereocenters. The van der Waals surface area contributed by atoms with Crippen LogP contribution in [0.4, 0.5) is 0 Å². The summed E-state index contributed by atoms with van der Waals surface area (Å²) in [6, 6.07) is -0.717. The van der Waals surface area contributed by atoms with Crippen LogP contribution in [-0.2, 0) is 9.53 Å². The van der Waals surface area contributed by atoms with Crippen molar-refractivity contribution in [3.63, 3.8) is 0 Å². The molecule has 1 aliphatic carbocycles. The number of esters is 1. The van der Waals surface area contributed by atoms with E-state index in [1.807, 2.05) is 0 Å². The SMILES string of the molecule is CCOC(=O)[C@H](CO)NC(=S)[C@@H]1C[C@@H]1C. The van der Waals surface area contributed by atoms with Gasteiger partial charge in [-0.3, -0.25) is 0 Å². The molecule has 0 aromatic carbocycles. The summed E-state index contributed by atoms with van der Waals surface area (Å²) in [7, 11) is 0. The molecule has 2 N–H and O–H groups in total. The number of rotatable bonds is 5. The average Bonchev–Trinajstić information content (AvgIpc) is 2.92. The van der Waals surface area contributed by atoms with Crippen LogP contribution in [0.2, 0.25) is 0 Å². The highest BCUT2D eigenvalue weighted by Gasteiger charge is 2.37. The Labute approximate surface area is 95.0 Å². The van der Waals surface area contributed by atoms with E-state index in [1.165, 1.54) is 0 Å². The van der Waals surface area contributed by atoms with Crippen molar-refractivity contribution in [1.82, 2.24) is 5.32 Å². The van der Waals surface area contributed by atoms with E-state index in [0.29, 0.717) is 23.4 Å². The number of thiocarbonyl (C=S) groups is 1. The minimum Gasteiger partial charge on any atom is -0.464 e. The molecule has 0 bridgehead atoms. The van der Waals surface area contributed by atoms with Gasteiger partial charge in [0, 0.05) is 5.92 Å². The predicted octanol–water partition coefficient (Wildman–Crippen LogP) is 0.483. The molecule has 0 amide bonds. The van der Waals surface area contributed by atoms with Crippen molar-refractivity contribution in [2.75, 3.05) is 13.2 Å². The van der Waals surface area contributed by atoms with E-state index in [2.05, 4.69) is 12.2 Å². The zero-order chi connectivity index (χ0) is 11.4. The monoisotopic (exact) mass is 231 g/mol. The van der Waals surface area contributed by atoms with E-state index in [9.17, 15) is 4.79 Å². The smallest absolute Gasteiger partial charge is 0.330 e. The Morgan fingerprint density at radius 1 is 1.73 bits per heavy atom. The van der Waals surface area contributed by atoms with Crippen molar-refractivity contribution in [3.05, 3.63) is 0 Å². The third kappa shape index (κ3) is 3.43. The number of hydrogen-bond donors (Lipinski definition) is 2. The molecule has 0 heterocycles. The molecule has 0 radical (unpaired) electrons. The lowest BCUT2D eigenvalue weighted by atomic mass is 10.2. The molecule has 0 aromatic heterocycles. The first-order valence-electron chi connectivity index (χ1n) is 5.18. The second kappa shape index (κ2) is 5.42. The molecule has 15 heavy (non-hydrogen) atoms. The van der Waals surface area contributed by atoms with Crippen molar-refractivity contribution < 1.29 is 14.6 Å². The van der Waals surface area contributed by atoms with Crippen LogP contribution in [0.3, 0.4) is 0 Å². The van der Waals surface area contributed by atoms with E-state index in [0.717, 1.165) is 6.42 Å². The van der Waals surface area contributed by atoms with Gasteiger partial charge in [0.25, 0.3) is 0 Å². The van der Waals surface area contributed by atoms with Crippen molar-refractivity contribution in [2.24, 2.45) is 11.8 Å². The van der Waals surface area contributed by atoms with Crippen LogP contribution >= 0.6 is 12.2 Å². The van der Waals surface area contributed by atoms with Gasteiger partial charge in [0.15, 0.2) is 0 Å². The molecule has 3 atom stereocenters. The summed E-state index contributed by atoms with van der Waals surface area (Å²) < 4.78 is 4.80. The van der Waals surface area contributed by atoms with Gasteiger partial charge in [-0.25, -0.2) is 4.79 Å². The lowest BCUT2D eigenvalue weighted by molar-refractivity contribution is -0.146. The van der Waals surface area contributed by atoms with Crippen molar-refractivity contribution >= 4 is 23.2 Å². The Balaban J connectivity index is 2.39. The van der Waals surface area contributed by atoms with Gasteiger partial charge in [-0.1, -0.05) is 19.1 Å². The third-order valence-corrected chi connectivity index (χ3v) is 2.94. The Kier molecular flexibility index (Phi) is 4.47. The molecule has 4 nitrogen and oxygen atoms in total. The summed E-state index contributed by atoms with van der Waals surface area (Å²) in [6.07, 6.45) is 1.06. The van der Waals surface area contributed by atoms with E-state index in [1.54, 1.807) is 6.92 Å². The van der Waals surface area contributed by atoms with Crippen LogP contribution in [0.5, 0.6) is 0 Å². The lowest BCUT2D eigenvalue weighted by Crippen LogP contribution is -2.44. The third-order valence-electron chi connectivity index (χ3n) is 2.52. The second-order valence-electron chi connectivity index (χ2n) is 3.82. The summed E-state index contributed by atoms with van der Waals surface area (Å²) in [4.78, 5) is 12.0. The maximum Gasteiger partial charge on any atom is 0.330 e. The fraction of sp³-hybridized carbons (Fsp3) is 0.800. The number of aliphatic hydroxyl groups is 1. The topological polar surface area (TPSA) is 58.6 Å². The summed E-state index contributed by atoms with van der Waals surface area (Å²) in [6.45, 7) is 3.86. The summed E-state index contributed by atoms with van der Waals surface area (Å²) in [5, 5.41) is 11.9. The number of nitrogens with one attached hydrogen (secondary N) is 1. The van der Waals surface area contributed by atoms with Crippen molar-refractivity contribution in [1.29, 1.82) is 0 Å². The fourth-order valence-corrected chi connectivity index (χ4v) is 1.86. The number of aliphatic hydroxyl groups excluding tert-OH is 1. The molecule has 1 rings (SSSR count). The molecule has 1 saturated carbocycles. The van der Waals surface area contributed by atoms with Gasteiger partial charge >= 0.3 is 5.97 Å². The average molecular weight is 231 g/mol. The van der Waals surface area contributed by atoms with Crippen LogP contribution in [-0.4, -0.2) is 35.3 Å². The van der Waals surface area contributed by atoms with Gasteiger partial charge < -0.3 is 15.2 Å².